The molecule has 0 atom stereocenters. The van der Waals surface area contributed by atoms with Gasteiger partial charge in [0.25, 0.3) is 5.91 Å². The number of amides is 1. The zero-order valence-electron chi connectivity index (χ0n) is 12.8. The van der Waals surface area contributed by atoms with Crippen molar-refractivity contribution in [3.8, 4) is 5.69 Å². The zero-order valence-corrected chi connectivity index (χ0v) is 13.6. The number of hydrogen-bond donors (Lipinski definition) is 1. The number of hydrogen-bond acceptors (Lipinski definition) is 4. The van der Waals surface area contributed by atoms with Crippen LogP contribution in [0.3, 0.4) is 0 Å². The molecule has 0 saturated carbocycles. The lowest BCUT2D eigenvalue weighted by Gasteiger charge is -2.03. The lowest BCUT2D eigenvalue weighted by Crippen LogP contribution is -2.17. The summed E-state index contributed by atoms with van der Waals surface area (Å²) in [4.78, 5) is 15.8. The Morgan fingerprint density at radius 1 is 1.21 bits per heavy atom. The zero-order chi connectivity index (χ0) is 16.9. The van der Waals surface area contributed by atoms with Crippen LogP contribution in [0.15, 0.2) is 60.0 Å². The van der Waals surface area contributed by atoms with Crippen LogP contribution < -0.4 is 5.43 Å². The average Bonchev–Trinajstić information content (AvgIpc) is 2.91. The average molecular weight is 340 g/mol. The van der Waals surface area contributed by atoms with Crippen molar-refractivity contribution in [2.45, 2.75) is 6.92 Å². The summed E-state index contributed by atoms with van der Waals surface area (Å²) in [6.45, 7) is 1.89. The van der Waals surface area contributed by atoms with Crippen LogP contribution in [0.1, 0.15) is 21.6 Å². The molecule has 2 aromatic heterocycles. The van der Waals surface area contributed by atoms with Gasteiger partial charge in [0.05, 0.1) is 23.2 Å². The largest absolute Gasteiger partial charge is 0.271 e. The van der Waals surface area contributed by atoms with Crippen LogP contribution in [-0.4, -0.2) is 26.9 Å². The molecule has 0 spiro atoms. The molecule has 0 fully saturated rings. The van der Waals surface area contributed by atoms with Gasteiger partial charge in [-0.1, -0.05) is 29.8 Å². The number of nitrogens with zero attached hydrogens (tertiary/aromatic N) is 4. The van der Waals surface area contributed by atoms with Gasteiger partial charge < -0.3 is 0 Å². The Balaban J connectivity index is 1.78. The van der Waals surface area contributed by atoms with E-state index in [1.54, 1.807) is 29.2 Å². The topological polar surface area (TPSA) is 72.2 Å². The van der Waals surface area contributed by atoms with Gasteiger partial charge in [-0.3, -0.25) is 9.78 Å². The molecule has 24 heavy (non-hydrogen) atoms. The number of carbonyl (C=O) groups is 1. The second-order valence-electron chi connectivity index (χ2n) is 4.97. The third-order valence-electron chi connectivity index (χ3n) is 3.42. The highest BCUT2D eigenvalue weighted by atomic mass is 35.5. The predicted molar refractivity (Wildman–Crippen MR) is 92.6 cm³/mol. The number of pyridine rings is 1. The molecular formula is C17H14ClN5O. The van der Waals surface area contributed by atoms with E-state index in [9.17, 15) is 4.79 Å². The van der Waals surface area contributed by atoms with Gasteiger partial charge in [0.1, 0.15) is 0 Å². The molecule has 0 saturated heterocycles. The van der Waals surface area contributed by atoms with Gasteiger partial charge in [-0.25, -0.2) is 10.1 Å². The molecule has 0 aliphatic heterocycles. The van der Waals surface area contributed by atoms with E-state index in [1.807, 2.05) is 37.3 Å². The summed E-state index contributed by atoms with van der Waals surface area (Å²) in [6.07, 6.45) is 4.58. The minimum atomic E-state index is -0.321. The highest BCUT2D eigenvalue weighted by Gasteiger charge is 2.12. The second-order valence-corrected chi connectivity index (χ2v) is 5.33. The molecule has 2 heterocycles. The highest BCUT2D eigenvalue weighted by Crippen LogP contribution is 2.20. The maximum absolute atomic E-state index is 11.9. The van der Waals surface area contributed by atoms with Crippen LogP contribution in [-0.2, 0) is 0 Å². The van der Waals surface area contributed by atoms with Crippen molar-refractivity contribution in [2.24, 2.45) is 5.10 Å². The third-order valence-corrected chi connectivity index (χ3v) is 3.70. The van der Waals surface area contributed by atoms with Gasteiger partial charge >= 0.3 is 0 Å². The maximum Gasteiger partial charge on any atom is 0.271 e. The number of benzene rings is 1. The first kappa shape index (κ1) is 15.9. The Labute approximate surface area is 143 Å². The van der Waals surface area contributed by atoms with Crippen molar-refractivity contribution in [1.82, 2.24) is 20.2 Å². The molecule has 0 aliphatic carbocycles. The fraction of sp³-hybridized carbons (Fsp3) is 0.0588. The maximum atomic E-state index is 11.9. The minimum absolute atomic E-state index is 0.318. The Bertz CT molecular complexity index is 875. The number of nitrogens with one attached hydrogen (secondary N) is 1. The van der Waals surface area contributed by atoms with Gasteiger partial charge in [0.15, 0.2) is 5.15 Å². The quantitative estimate of drug-likeness (QED) is 0.586. The minimum Gasteiger partial charge on any atom is -0.267 e. The molecule has 0 unspecified atom stereocenters. The molecule has 3 aromatic rings. The van der Waals surface area contributed by atoms with Crippen LogP contribution in [0, 0.1) is 6.92 Å². The van der Waals surface area contributed by atoms with Gasteiger partial charge in [-0.2, -0.15) is 10.2 Å². The van der Waals surface area contributed by atoms with Crippen molar-refractivity contribution in [3.63, 3.8) is 0 Å². The molecule has 0 bridgehead atoms. The van der Waals surface area contributed by atoms with Crippen LogP contribution in [0.2, 0.25) is 5.15 Å². The summed E-state index contributed by atoms with van der Waals surface area (Å²) < 4.78 is 1.73. The first-order valence-corrected chi connectivity index (χ1v) is 7.58. The van der Waals surface area contributed by atoms with Crippen LogP contribution in [0.25, 0.3) is 5.69 Å². The Morgan fingerprint density at radius 3 is 2.62 bits per heavy atom. The normalized spacial score (nSPS) is 10.9. The molecule has 0 radical (unpaired) electrons. The molecular weight excluding hydrogens is 326 g/mol. The molecule has 3 rings (SSSR count). The standard InChI is InChI=1S/C17H14ClN5O/c1-12-15(11-20-21-17(24)13-7-9-19-10-8-13)16(18)22-23(12)14-5-3-2-4-6-14/h2-11H,1H3,(H,21,24)/b20-11+. The molecule has 0 aliphatic rings. The van der Waals surface area contributed by atoms with Gasteiger partial charge in [0, 0.05) is 18.0 Å². The van der Waals surface area contributed by atoms with E-state index < -0.39 is 0 Å². The molecule has 1 N–H and O–H groups in total. The fourth-order valence-electron chi connectivity index (χ4n) is 2.17. The number of aromatic nitrogens is 3. The van der Waals surface area contributed by atoms with E-state index >= 15 is 0 Å². The Hall–Kier alpha value is -2.99. The molecule has 120 valence electrons. The number of halogens is 1. The summed E-state index contributed by atoms with van der Waals surface area (Å²) in [6, 6.07) is 12.9. The van der Waals surface area contributed by atoms with Crippen LogP contribution in [0.4, 0.5) is 0 Å². The monoisotopic (exact) mass is 339 g/mol. The number of rotatable bonds is 4. The summed E-state index contributed by atoms with van der Waals surface area (Å²) in [5.41, 5.74) is 5.31. The fourth-order valence-corrected chi connectivity index (χ4v) is 2.43. The second kappa shape index (κ2) is 7.06. The first-order valence-electron chi connectivity index (χ1n) is 7.21. The Morgan fingerprint density at radius 2 is 1.92 bits per heavy atom. The SMILES string of the molecule is Cc1c(/C=N/NC(=O)c2ccncc2)c(Cl)nn1-c1ccccc1. The van der Waals surface area contributed by atoms with Crippen molar-refractivity contribution < 1.29 is 4.79 Å². The Kier molecular flexibility index (Phi) is 4.67. The lowest BCUT2D eigenvalue weighted by atomic mass is 10.2. The van der Waals surface area contributed by atoms with Gasteiger partial charge in [-0.15, -0.1) is 0 Å². The van der Waals surface area contributed by atoms with E-state index in [-0.39, 0.29) is 5.91 Å². The summed E-state index contributed by atoms with van der Waals surface area (Å²) in [5, 5.41) is 8.59. The van der Waals surface area contributed by atoms with Gasteiger partial charge in [-0.05, 0) is 31.2 Å². The van der Waals surface area contributed by atoms with Crippen molar-refractivity contribution >= 4 is 23.7 Å². The smallest absolute Gasteiger partial charge is 0.267 e. The van der Waals surface area contributed by atoms with Crippen molar-refractivity contribution in [1.29, 1.82) is 0 Å². The highest BCUT2D eigenvalue weighted by molar-refractivity contribution is 6.32. The number of carbonyl (C=O) groups excluding carboxylic acids is 1. The first-order chi connectivity index (χ1) is 11.7. The van der Waals surface area contributed by atoms with E-state index in [4.69, 9.17) is 11.6 Å². The van der Waals surface area contributed by atoms with E-state index in [0.29, 0.717) is 16.3 Å². The van der Waals surface area contributed by atoms with Crippen molar-refractivity contribution in [2.75, 3.05) is 0 Å². The third kappa shape index (κ3) is 3.33. The summed E-state index contributed by atoms with van der Waals surface area (Å²) in [5.74, 6) is -0.321. The molecule has 6 nitrogen and oxygen atoms in total. The lowest BCUT2D eigenvalue weighted by molar-refractivity contribution is 0.0955. The molecule has 7 heteroatoms. The van der Waals surface area contributed by atoms with E-state index in [0.717, 1.165) is 11.4 Å². The number of para-hydroxylation sites is 1. The van der Waals surface area contributed by atoms with Crippen molar-refractivity contribution in [3.05, 3.63) is 76.8 Å². The molecule has 1 amide bonds. The predicted octanol–water partition coefficient (Wildman–Crippen LogP) is 2.99. The van der Waals surface area contributed by atoms with Crippen LogP contribution in [0.5, 0.6) is 0 Å². The van der Waals surface area contributed by atoms with Crippen LogP contribution >= 0.6 is 11.6 Å². The van der Waals surface area contributed by atoms with Gasteiger partial charge in [0.2, 0.25) is 0 Å². The molecule has 1 aromatic carbocycles. The van der Waals surface area contributed by atoms with E-state index in [2.05, 4.69) is 20.6 Å². The van der Waals surface area contributed by atoms with E-state index in [1.165, 1.54) is 6.21 Å². The number of hydrazone groups is 1. The summed E-state index contributed by atoms with van der Waals surface area (Å²) >= 11 is 6.19. The summed E-state index contributed by atoms with van der Waals surface area (Å²) in [7, 11) is 0.